The molecule has 7 heteroatoms. The minimum absolute atomic E-state index is 0.0485. The van der Waals surface area contributed by atoms with Crippen LogP contribution in [0.2, 0.25) is 5.02 Å². The zero-order valence-corrected chi connectivity index (χ0v) is 19.5. The number of piperazine rings is 1. The van der Waals surface area contributed by atoms with Gasteiger partial charge in [-0.05, 0) is 36.2 Å². The monoisotopic (exact) mass is 464 g/mol. The van der Waals surface area contributed by atoms with Crippen LogP contribution in [0.1, 0.15) is 43.9 Å². The third-order valence-electron chi connectivity index (χ3n) is 5.98. The average molecular weight is 465 g/mol. The summed E-state index contributed by atoms with van der Waals surface area (Å²) in [6, 6.07) is 11.1. The highest BCUT2D eigenvalue weighted by atomic mass is 35.5. The Morgan fingerprint density at radius 2 is 1.69 bits per heavy atom. The van der Waals surface area contributed by atoms with Crippen LogP contribution in [0.3, 0.4) is 0 Å². The van der Waals surface area contributed by atoms with Crippen molar-refractivity contribution in [3.8, 4) is 0 Å². The molecule has 0 spiro atoms. The largest absolute Gasteiger partial charge is 0.367 e. The van der Waals surface area contributed by atoms with E-state index in [2.05, 4.69) is 11.8 Å². The molecule has 32 heavy (non-hydrogen) atoms. The van der Waals surface area contributed by atoms with Gasteiger partial charge in [-0.15, -0.1) is 0 Å². The number of amides is 1. The van der Waals surface area contributed by atoms with Crippen LogP contribution >= 0.6 is 11.6 Å². The van der Waals surface area contributed by atoms with Crippen molar-refractivity contribution in [3.05, 3.63) is 70.2 Å². The topological polar surface area (TPSA) is 32.8 Å². The Kier molecular flexibility index (Phi) is 9.02. The first-order valence-electron chi connectivity index (χ1n) is 11.2. The summed E-state index contributed by atoms with van der Waals surface area (Å²) in [4.78, 5) is 16.8. The molecule has 0 aromatic heterocycles. The van der Waals surface area contributed by atoms with E-state index in [0.717, 1.165) is 31.5 Å². The lowest BCUT2D eigenvalue weighted by molar-refractivity contribution is -0.137. The van der Waals surface area contributed by atoms with Crippen LogP contribution in [0.4, 0.5) is 8.78 Å². The Morgan fingerprint density at radius 1 is 1.06 bits per heavy atom. The SMILES string of the molecule is CCC[C@H](C)C(=O)N1CCN(C[C@H](OCc2c(F)cccc2F)c2ccc(Cl)cc2)CC1. The summed E-state index contributed by atoms with van der Waals surface area (Å²) in [6.07, 6.45) is 1.51. The van der Waals surface area contributed by atoms with Crippen molar-refractivity contribution in [2.24, 2.45) is 5.92 Å². The second-order valence-corrected chi connectivity index (χ2v) is 8.80. The summed E-state index contributed by atoms with van der Waals surface area (Å²) in [7, 11) is 0. The van der Waals surface area contributed by atoms with Crippen LogP contribution in [0.5, 0.6) is 0 Å². The molecule has 1 saturated heterocycles. The van der Waals surface area contributed by atoms with Gasteiger partial charge in [0.25, 0.3) is 0 Å². The number of benzene rings is 2. The zero-order valence-electron chi connectivity index (χ0n) is 18.7. The predicted molar refractivity (Wildman–Crippen MR) is 122 cm³/mol. The van der Waals surface area contributed by atoms with Gasteiger partial charge in [-0.25, -0.2) is 8.78 Å². The standard InChI is InChI=1S/C25H31ClF2N2O2/c1-3-5-18(2)25(31)30-14-12-29(13-15-30)16-24(19-8-10-20(26)11-9-19)32-17-21-22(27)6-4-7-23(21)28/h4,6-11,18,24H,3,5,12-17H2,1-2H3/t18-,24-/m0/s1. The summed E-state index contributed by atoms with van der Waals surface area (Å²) >= 11 is 6.03. The van der Waals surface area contributed by atoms with E-state index < -0.39 is 11.6 Å². The number of nitrogens with zero attached hydrogens (tertiary/aromatic N) is 2. The van der Waals surface area contributed by atoms with Crippen LogP contribution in [-0.2, 0) is 16.1 Å². The zero-order chi connectivity index (χ0) is 23.1. The van der Waals surface area contributed by atoms with E-state index in [1.807, 2.05) is 24.0 Å². The van der Waals surface area contributed by atoms with Crippen molar-refractivity contribution < 1.29 is 18.3 Å². The van der Waals surface area contributed by atoms with Gasteiger partial charge in [0.05, 0.1) is 12.7 Å². The lowest BCUT2D eigenvalue weighted by Crippen LogP contribution is -2.50. The van der Waals surface area contributed by atoms with Gasteiger partial charge < -0.3 is 9.64 Å². The first-order chi connectivity index (χ1) is 15.4. The second kappa shape index (κ2) is 11.7. The molecular formula is C25H31ClF2N2O2. The summed E-state index contributed by atoms with van der Waals surface area (Å²) in [5.74, 6) is -0.972. The van der Waals surface area contributed by atoms with Crippen molar-refractivity contribution in [3.63, 3.8) is 0 Å². The van der Waals surface area contributed by atoms with Gasteiger partial charge in [0.2, 0.25) is 5.91 Å². The average Bonchev–Trinajstić information content (AvgIpc) is 2.78. The van der Waals surface area contributed by atoms with Crippen LogP contribution in [0.25, 0.3) is 0 Å². The maximum Gasteiger partial charge on any atom is 0.225 e. The summed E-state index contributed by atoms with van der Waals surface area (Å²) in [6.45, 7) is 7.27. The highest BCUT2D eigenvalue weighted by molar-refractivity contribution is 6.30. The number of halogens is 3. The molecular weight excluding hydrogens is 434 g/mol. The number of ether oxygens (including phenoxy) is 1. The van der Waals surface area contributed by atoms with Crippen LogP contribution in [-0.4, -0.2) is 48.4 Å². The van der Waals surface area contributed by atoms with E-state index in [0.29, 0.717) is 24.7 Å². The van der Waals surface area contributed by atoms with Crippen molar-refractivity contribution in [1.29, 1.82) is 0 Å². The van der Waals surface area contributed by atoms with Crippen LogP contribution in [0.15, 0.2) is 42.5 Å². The fourth-order valence-electron chi connectivity index (χ4n) is 4.04. The smallest absolute Gasteiger partial charge is 0.225 e. The molecule has 1 amide bonds. The Morgan fingerprint density at radius 3 is 2.28 bits per heavy atom. The minimum Gasteiger partial charge on any atom is -0.367 e. The summed E-state index contributed by atoms with van der Waals surface area (Å²) in [5.41, 5.74) is 0.813. The van der Waals surface area contributed by atoms with Crippen molar-refractivity contribution in [1.82, 2.24) is 9.80 Å². The number of hydrogen-bond donors (Lipinski definition) is 0. The highest BCUT2D eigenvalue weighted by Gasteiger charge is 2.26. The Labute approximate surface area is 194 Å². The molecule has 2 aromatic carbocycles. The van der Waals surface area contributed by atoms with Gasteiger partial charge in [-0.1, -0.05) is 50.1 Å². The second-order valence-electron chi connectivity index (χ2n) is 8.37. The highest BCUT2D eigenvalue weighted by Crippen LogP contribution is 2.25. The first-order valence-corrected chi connectivity index (χ1v) is 11.6. The van der Waals surface area contributed by atoms with Crippen molar-refractivity contribution in [2.45, 2.75) is 39.4 Å². The lowest BCUT2D eigenvalue weighted by atomic mass is 10.0. The normalized spacial score (nSPS) is 16.7. The molecule has 4 nitrogen and oxygen atoms in total. The molecule has 1 aliphatic rings. The van der Waals surface area contributed by atoms with Gasteiger partial charge in [-0.3, -0.25) is 9.69 Å². The third-order valence-corrected chi connectivity index (χ3v) is 6.24. The van der Waals surface area contributed by atoms with E-state index >= 15 is 0 Å². The molecule has 0 saturated carbocycles. The number of hydrogen-bond acceptors (Lipinski definition) is 3. The van der Waals surface area contributed by atoms with E-state index in [1.54, 1.807) is 12.1 Å². The van der Waals surface area contributed by atoms with E-state index in [4.69, 9.17) is 16.3 Å². The maximum absolute atomic E-state index is 14.1. The lowest BCUT2D eigenvalue weighted by Gasteiger charge is -2.37. The molecule has 0 unspecified atom stereocenters. The van der Waals surface area contributed by atoms with Gasteiger partial charge in [0, 0.05) is 49.2 Å². The van der Waals surface area contributed by atoms with E-state index in [1.165, 1.54) is 18.2 Å². The fourth-order valence-corrected chi connectivity index (χ4v) is 4.17. The molecule has 1 fully saturated rings. The Hall–Kier alpha value is -2.02. The molecule has 1 aliphatic heterocycles. The summed E-state index contributed by atoms with van der Waals surface area (Å²) < 4.78 is 34.2. The van der Waals surface area contributed by atoms with Gasteiger partial charge >= 0.3 is 0 Å². The van der Waals surface area contributed by atoms with Crippen molar-refractivity contribution in [2.75, 3.05) is 32.7 Å². The fraction of sp³-hybridized carbons (Fsp3) is 0.480. The Balaban J connectivity index is 1.65. The summed E-state index contributed by atoms with van der Waals surface area (Å²) in [5, 5.41) is 0.612. The molecule has 2 atom stereocenters. The van der Waals surface area contributed by atoms with Crippen LogP contribution in [0, 0.1) is 17.6 Å². The van der Waals surface area contributed by atoms with Crippen LogP contribution < -0.4 is 0 Å². The molecule has 174 valence electrons. The Bertz CT molecular complexity index is 866. The maximum atomic E-state index is 14.1. The molecule has 1 heterocycles. The van der Waals surface area contributed by atoms with Crippen molar-refractivity contribution >= 4 is 17.5 Å². The van der Waals surface area contributed by atoms with Gasteiger partial charge in [0.1, 0.15) is 11.6 Å². The molecule has 0 radical (unpaired) electrons. The first kappa shape index (κ1) is 24.6. The van der Waals surface area contributed by atoms with Gasteiger partial charge in [0.15, 0.2) is 0 Å². The quantitative estimate of drug-likeness (QED) is 0.494. The third kappa shape index (κ3) is 6.50. The van der Waals surface area contributed by atoms with Gasteiger partial charge in [-0.2, -0.15) is 0 Å². The number of rotatable bonds is 9. The molecule has 2 aromatic rings. The van der Waals surface area contributed by atoms with E-state index in [-0.39, 0.29) is 30.1 Å². The number of carbonyl (C=O) groups excluding carboxylic acids is 1. The molecule has 0 N–H and O–H groups in total. The molecule has 0 bridgehead atoms. The minimum atomic E-state index is -0.617. The van der Waals surface area contributed by atoms with E-state index in [9.17, 15) is 13.6 Å². The number of carbonyl (C=O) groups is 1. The molecule has 3 rings (SSSR count). The molecule has 0 aliphatic carbocycles. The predicted octanol–water partition coefficient (Wildman–Crippen LogP) is 5.46.